The van der Waals surface area contributed by atoms with Gasteiger partial charge in [0.2, 0.25) is 0 Å². The van der Waals surface area contributed by atoms with Crippen molar-refractivity contribution in [2.24, 2.45) is 0 Å². The van der Waals surface area contributed by atoms with E-state index in [0.717, 1.165) is 5.69 Å². The summed E-state index contributed by atoms with van der Waals surface area (Å²) in [6.07, 6.45) is 0. The van der Waals surface area contributed by atoms with Crippen LogP contribution in [0.4, 0.5) is 5.82 Å². The molecular weight excluding hydrogens is 250 g/mol. The van der Waals surface area contributed by atoms with Crippen molar-refractivity contribution in [3.63, 3.8) is 0 Å². The Balaban J connectivity index is 2.21. The molecular formula is C13H14ClN3O. The fourth-order valence-corrected chi connectivity index (χ4v) is 1.90. The van der Waals surface area contributed by atoms with Crippen molar-refractivity contribution >= 4 is 23.3 Å². The Bertz CT molecular complexity index is 577. The molecule has 0 aliphatic heterocycles. The Morgan fingerprint density at radius 1 is 1.44 bits per heavy atom. The van der Waals surface area contributed by atoms with E-state index >= 15 is 0 Å². The van der Waals surface area contributed by atoms with E-state index in [2.05, 4.69) is 10.4 Å². The zero-order chi connectivity index (χ0) is 13.1. The SMILES string of the molecule is CCn1nc(C)cc1NC(=O)c1cccc(Cl)c1. The van der Waals surface area contributed by atoms with Crippen LogP contribution in [-0.4, -0.2) is 15.7 Å². The number of carbonyl (C=O) groups is 1. The maximum absolute atomic E-state index is 12.0. The van der Waals surface area contributed by atoms with Crippen molar-refractivity contribution in [2.45, 2.75) is 20.4 Å². The zero-order valence-corrected chi connectivity index (χ0v) is 11.0. The molecule has 0 spiro atoms. The van der Waals surface area contributed by atoms with Crippen molar-refractivity contribution in [3.8, 4) is 0 Å². The lowest BCUT2D eigenvalue weighted by atomic mass is 10.2. The molecule has 0 radical (unpaired) electrons. The van der Waals surface area contributed by atoms with Gasteiger partial charge >= 0.3 is 0 Å². The molecule has 1 N–H and O–H groups in total. The van der Waals surface area contributed by atoms with Crippen LogP contribution in [0.5, 0.6) is 0 Å². The van der Waals surface area contributed by atoms with E-state index < -0.39 is 0 Å². The first-order valence-corrected chi connectivity index (χ1v) is 6.09. The van der Waals surface area contributed by atoms with Gasteiger partial charge in [0.05, 0.1) is 5.69 Å². The van der Waals surface area contributed by atoms with E-state index in [-0.39, 0.29) is 5.91 Å². The number of carbonyl (C=O) groups excluding carboxylic acids is 1. The summed E-state index contributed by atoms with van der Waals surface area (Å²) in [4.78, 5) is 12.0. The minimum absolute atomic E-state index is 0.188. The topological polar surface area (TPSA) is 46.9 Å². The van der Waals surface area contributed by atoms with Crippen LogP contribution in [0.3, 0.4) is 0 Å². The van der Waals surface area contributed by atoms with Gasteiger partial charge in [0.25, 0.3) is 5.91 Å². The van der Waals surface area contributed by atoms with Gasteiger partial charge in [-0.3, -0.25) is 4.79 Å². The molecule has 1 amide bonds. The van der Waals surface area contributed by atoms with Crippen LogP contribution in [0.1, 0.15) is 23.0 Å². The Labute approximate surface area is 111 Å². The van der Waals surface area contributed by atoms with E-state index in [1.165, 1.54) is 0 Å². The van der Waals surface area contributed by atoms with E-state index in [4.69, 9.17) is 11.6 Å². The van der Waals surface area contributed by atoms with E-state index in [1.807, 2.05) is 19.9 Å². The number of anilines is 1. The molecule has 0 aliphatic carbocycles. The summed E-state index contributed by atoms with van der Waals surface area (Å²) >= 11 is 5.86. The number of aromatic nitrogens is 2. The van der Waals surface area contributed by atoms with Crippen LogP contribution in [0.15, 0.2) is 30.3 Å². The first-order valence-electron chi connectivity index (χ1n) is 5.71. The highest BCUT2D eigenvalue weighted by molar-refractivity contribution is 6.31. The summed E-state index contributed by atoms with van der Waals surface area (Å²) in [6, 6.07) is 8.68. The third-order valence-corrected chi connectivity index (χ3v) is 2.77. The molecule has 0 saturated carbocycles. The number of halogens is 1. The standard InChI is InChI=1S/C13H14ClN3O/c1-3-17-12(7-9(2)16-17)15-13(18)10-5-4-6-11(14)8-10/h4-8H,3H2,1-2H3,(H,15,18). The van der Waals surface area contributed by atoms with E-state index in [0.29, 0.717) is 22.9 Å². The van der Waals surface area contributed by atoms with Crippen LogP contribution < -0.4 is 5.32 Å². The molecule has 18 heavy (non-hydrogen) atoms. The summed E-state index contributed by atoms with van der Waals surface area (Å²) < 4.78 is 1.75. The second-order valence-electron chi connectivity index (χ2n) is 3.95. The first kappa shape index (κ1) is 12.6. The molecule has 5 heteroatoms. The molecule has 0 aliphatic rings. The van der Waals surface area contributed by atoms with Gasteiger partial charge in [0.15, 0.2) is 0 Å². The Morgan fingerprint density at radius 2 is 2.22 bits per heavy atom. The van der Waals surface area contributed by atoms with Gasteiger partial charge in [-0.05, 0) is 32.0 Å². The molecule has 4 nitrogen and oxygen atoms in total. The predicted octanol–water partition coefficient (Wildman–Crippen LogP) is 3.12. The number of rotatable bonds is 3. The number of nitrogens with one attached hydrogen (secondary N) is 1. The third kappa shape index (κ3) is 2.71. The van der Waals surface area contributed by atoms with Crippen LogP contribution in [-0.2, 0) is 6.54 Å². The fourth-order valence-electron chi connectivity index (χ4n) is 1.71. The molecule has 1 heterocycles. The molecule has 0 fully saturated rings. The average molecular weight is 264 g/mol. The molecule has 2 aromatic rings. The Morgan fingerprint density at radius 3 is 2.89 bits per heavy atom. The highest BCUT2D eigenvalue weighted by atomic mass is 35.5. The highest BCUT2D eigenvalue weighted by Gasteiger charge is 2.10. The van der Waals surface area contributed by atoms with Gasteiger partial charge in [-0.1, -0.05) is 17.7 Å². The van der Waals surface area contributed by atoms with Crippen LogP contribution in [0, 0.1) is 6.92 Å². The number of benzene rings is 1. The largest absolute Gasteiger partial charge is 0.307 e. The van der Waals surface area contributed by atoms with Crippen molar-refractivity contribution in [3.05, 3.63) is 46.6 Å². The maximum atomic E-state index is 12.0. The van der Waals surface area contributed by atoms with Gasteiger partial charge in [0.1, 0.15) is 5.82 Å². The molecule has 0 atom stereocenters. The Kier molecular flexibility index (Phi) is 3.67. The highest BCUT2D eigenvalue weighted by Crippen LogP contribution is 2.14. The fraction of sp³-hybridized carbons (Fsp3) is 0.231. The first-order chi connectivity index (χ1) is 8.60. The quantitative estimate of drug-likeness (QED) is 0.925. The lowest BCUT2D eigenvalue weighted by Gasteiger charge is -2.07. The smallest absolute Gasteiger partial charge is 0.256 e. The number of nitrogens with zero attached hydrogens (tertiary/aromatic N) is 2. The van der Waals surface area contributed by atoms with E-state index in [9.17, 15) is 4.79 Å². The van der Waals surface area contributed by atoms with Crippen molar-refractivity contribution < 1.29 is 4.79 Å². The number of hydrogen-bond donors (Lipinski definition) is 1. The van der Waals surface area contributed by atoms with E-state index in [1.54, 1.807) is 28.9 Å². The van der Waals surface area contributed by atoms with Crippen molar-refractivity contribution in [2.75, 3.05) is 5.32 Å². The van der Waals surface area contributed by atoms with Crippen molar-refractivity contribution in [1.29, 1.82) is 0 Å². The lowest BCUT2D eigenvalue weighted by Crippen LogP contribution is -2.15. The van der Waals surface area contributed by atoms with Crippen LogP contribution in [0.2, 0.25) is 5.02 Å². The second-order valence-corrected chi connectivity index (χ2v) is 4.39. The summed E-state index contributed by atoms with van der Waals surface area (Å²) in [5, 5.41) is 7.64. The molecule has 1 aromatic carbocycles. The monoisotopic (exact) mass is 263 g/mol. The number of aryl methyl sites for hydroxylation is 2. The normalized spacial score (nSPS) is 10.4. The minimum atomic E-state index is -0.188. The second kappa shape index (κ2) is 5.23. The summed E-state index contributed by atoms with van der Waals surface area (Å²) in [7, 11) is 0. The van der Waals surface area contributed by atoms with Gasteiger partial charge in [-0.25, -0.2) is 4.68 Å². The van der Waals surface area contributed by atoms with Gasteiger partial charge in [-0.2, -0.15) is 5.10 Å². The van der Waals surface area contributed by atoms with Gasteiger partial charge < -0.3 is 5.32 Å². The molecule has 0 unspecified atom stereocenters. The summed E-state index contributed by atoms with van der Waals surface area (Å²) in [5.74, 6) is 0.507. The summed E-state index contributed by atoms with van der Waals surface area (Å²) in [6.45, 7) is 4.57. The predicted molar refractivity (Wildman–Crippen MR) is 72.0 cm³/mol. The van der Waals surface area contributed by atoms with Gasteiger partial charge in [0, 0.05) is 23.2 Å². The molecule has 0 saturated heterocycles. The van der Waals surface area contributed by atoms with Crippen LogP contribution >= 0.6 is 11.6 Å². The maximum Gasteiger partial charge on any atom is 0.256 e. The lowest BCUT2D eigenvalue weighted by molar-refractivity contribution is 0.102. The molecule has 2 rings (SSSR count). The number of amides is 1. The third-order valence-electron chi connectivity index (χ3n) is 2.53. The molecule has 0 bridgehead atoms. The van der Waals surface area contributed by atoms with Gasteiger partial charge in [-0.15, -0.1) is 0 Å². The molecule has 1 aromatic heterocycles. The average Bonchev–Trinajstić information content (AvgIpc) is 2.69. The zero-order valence-electron chi connectivity index (χ0n) is 10.3. The number of hydrogen-bond acceptors (Lipinski definition) is 2. The minimum Gasteiger partial charge on any atom is -0.307 e. The van der Waals surface area contributed by atoms with Crippen LogP contribution in [0.25, 0.3) is 0 Å². The molecule has 94 valence electrons. The van der Waals surface area contributed by atoms with Crippen molar-refractivity contribution in [1.82, 2.24) is 9.78 Å². The Hall–Kier alpha value is -1.81. The summed E-state index contributed by atoms with van der Waals surface area (Å²) in [5.41, 5.74) is 1.40.